The van der Waals surface area contributed by atoms with Crippen LogP contribution in [0.25, 0.3) is 0 Å². The maximum absolute atomic E-state index is 10.0. The van der Waals surface area contributed by atoms with E-state index in [1.54, 1.807) is 12.3 Å². The molecule has 1 unspecified atom stereocenters. The number of aromatic nitrogens is 2. The van der Waals surface area contributed by atoms with Gasteiger partial charge < -0.3 is 9.67 Å². The average Bonchev–Trinajstić information content (AvgIpc) is 2.81. The van der Waals surface area contributed by atoms with Gasteiger partial charge in [-0.05, 0) is 12.5 Å². The fourth-order valence-electron chi connectivity index (χ4n) is 1.64. The zero-order valence-corrected chi connectivity index (χ0v) is 11.6. The second-order valence-electron chi connectivity index (χ2n) is 3.79. The van der Waals surface area contributed by atoms with Crippen molar-refractivity contribution in [1.29, 1.82) is 0 Å². The second-order valence-corrected chi connectivity index (χ2v) is 6.07. The summed E-state index contributed by atoms with van der Waals surface area (Å²) in [4.78, 5) is 4.20. The first-order valence-electron chi connectivity index (χ1n) is 5.17. The van der Waals surface area contributed by atoms with E-state index in [1.807, 2.05) is 17.8 Å². The van der Waals surface area contributed by atoms with E-state index in [9.17, 15) is 5.11 Å². The molecule has 0 aliphatic heterocycles. The first-order chi connectivity index (χ1) is 8.08. The fraction of sp³-hybridized carbons (Fsp3) is 0.364. The van der Waals surface area contributed by atoms with Crippen LogP contribution in [0.3, 0.4) is 0 Å². The third-order valence-electron chi connectivity index (χ3n) is 2.60. The first-order valence-corrected chi connectivity index (χ1v) is 6.74. The summed E-state index contributed by atoms with van der Waals surface area (Å²) in [5.41, 5.74) is 0.705. The van der Waals surface area contributed by atoms with Gasteiger partial charge in [-0.3, -0.25) is 0 Å². The third kappa shape index (κ3) is 3.01. The van der Waals surface area contributed by atoms with E-state index in [4.69, 9.17) is 23.2 Å². The van der Waals surface area contributed by atoms with Crippen molar-refractivity contribution in [2.45, 2.75) is 18.9 Å². The van der Waals surface area contributed by atoms with Crippen LogP contribution in [0.1, 0.15) is 23.9 Å². The average molecular weight is 291 g/mol. The Morgan fingerprint density at radius 1 is 1.53 bits per heavy atom. The molecule has 0 aliphatic rings. The van der Waals surface area contributed by atoms with E-state index in [0.29, 0.717) is 27.1 Å². The predicted molar refractivity (Wildman–Crippen MR) is 70.8 cm³/mol. The monoisotopic (exact) mass is 290 g/mol. The SMILES string of the molecule is Cn1ccnc1CCC(O)c1cc(Cl)sc1Cl. The van der Waals surface area contributed by atoms with Crippen molar-refractivity contribution in [1.82, 2.24) is 9.55 Å². The van der Waals surface area contributed by atoms with E-state index in [-0.39, 0.29) is 0 Å². The molecule has 2 rings (SSSR count). The molecule has 1 atom stereocenters. The van der Waals surface area contributed by atoms with Gasteiger partial charge in [0, 0.05) is 31.4 Å². The van der Waals surface area contributed by atoms with Crippen molar-refractivity contribution in [3.63, 3.8) is 0 Å². The van der Waals surface area contributed by atoms with Crippen LogP contribution in [-0.4, -0.2) is 14.7 Å². The van der Waals surface area contributed by atoms with Crippen molar-refractivity contribution in [2.24, 2.45) is 7.05 Å². The van der Waals surface area contributed by atoms with E-state index in [0.717, 1.165) is 5.82 Å². The van der Waals surface area contributed by atoms with Gasteiger partial charge in [-0.25, -0.2) is 4.98 Å². The number of imidazole rings is 1. The van der Waals surface area contributed by atoms with E-state index in [2.05, 4.69) is 4.98 Å². The largest absolute Gasteiger partial charge is 0.388 e. The topological polar surface area (TPSA) is 38.0 Å². The molecule has 0 aromatic carbocycles. The van der Waals surface area contributed by atoms with Crippen LogP contribution >= 0.6 is 34.5 Å². The maximum Gasteiger partial charge on any atom is 0.108 e. The number of aryl methyl sites for hydroxylation is 2. The minimum Gasteiger partial charge on any atom is -0.388 e. The summed E-state index contributed by atoms with van der Waals surface area (Å²) in [6, 6.07) is 1.72. The molecule has 0 amide bonds. The Balaban J connectivity index is 2.00. The first kappa shape index (κ1) is 12.9. The lowest BCUT2D eigenvalue weighted by Gasteiger charge is -2.09. The summed E-state index contributed by atoms with van der Waals surface area (Å²) in [5, 5.41) is 10.0. The number of hydrogen-bond acceptors (Lipinski definition) is 3. The van der Waals surface area contributed by atoms with Crippen LogP contribution in [0.2, 0.25) is 8.67 Å². The molecule has 0 fully saturated rings. The van der Waals surface area contributed by atoms with Crippen LogP contribution in [0.5, 0.6) is 0 Å². The molecule has 3 nitrogen and oxygen atoms in total. The number of nitrogens with zero attached hydrogens (tertiary/aromatic N) is 2. The normalized spacial score (nSPS) is 12.9. The fourth-order valence-corrected chi connectivity index (χ4v) is 3.21. The Bertz CT molecular complexity index is 509. The van der Waals surface area contributed by atoms with Gasteiger partial charge in [-0.15, -0.1) is 11.3 Å². The summed E-state index contributed by atoms with van der Waals surface area (Å²) < 4.78 is 3.10. The highest BCUT2D eigenvalue weighted by molar-refractivity contribution is 7.20. The Morgan fingerprint density at radius 3 is 2.82 bits per heavy atom. The van der Waals surface area contributed by atoms with E-state index >= 15 is 0 Å². The number of rotatable bonds is 4. The molecule has 0 spiro atoms. The number of thiophene rings is 1. The van der Waals surface area contributed by atoms with Gasteiger partial charge in [0.1, 0.15) is 10.2 Å². The summed E-state index contributed by atoms with van der Waals surface area (Å²) in [7, 11) is 1.93. The molecule has 0 aliphatic carbocycles. The Kier molecular flexibility index (Phi) is 4.09. The van der Waals surface area contributed by atoms with Crippen molar-refractivity contribution in [3.05, 3.63) is 38.5 Å². The van der Waals surface area contributed by atoms with Crippen molar-refractivity contribution >= 4 is 34.5 Å². The number of aliphatic hydroxyl groups excluding tert-OH is 1. The molecule has 2 aromatic heterocycles. The molecule has 0 bridgehead atoms. The quantitative estimate of drug-likeness (QED) is 0.937. The van der Waals surface area contributed by atoms with E-state index < -0.39 is 6.10 Å². The Hall–Kier alpha value is -0.550. The zero-order valence-electron chi connectivity index (χ0n) is 9.23. The standard InChI is InChI=1S/C11H12Cl2N2OS/c1-15-5-4-14-10(15)3-2-8(16)7-6-9(12)17-11(7)13/h4-6,8,16H,2-3H2,1H3. The number of aliphatic hydroxyl groups is 1. The summed E-state index contributed by atoms with van der Waals surface area (Å²) in [6.45, 7) is 0. The van der Waals surface area contributed by atoms with Gasteiger partial charge in [-0.2, -0.15) is 0 Å². The van der Waals surface area contributed by atoms with E-state index in [1.165, 1.54) is 11.3 Å². The third-order valence-corrected chi connectivity index (χ3v) is 4.12. The van der Waals surface area contributed by atoms with Gasteiger partial charge in [0.15, 0.2) is 0 Å². The van der Waals surface area contributed by atoms with Crippen LogP contribution in [0.15, 0.2) is 18.5 Å². The van der Waals surface area contributed by atoms with Gasteiger partial charge in [0.25, 0.3) is 0 Å². The lowest BCUT2D eigenvalue weighted by Crippen LogP contribution is -2.03. The second kappa shape index (κ2) is 5.40. The van der Waals surface area contributed by atoms with Gasteiger partial charge in [-0.1, -0.05) is 23.2 Å². The van der Waals surface area contributed by atoms with Crippen molar-refractivity contribution < 1.29 is 5.11 Å². The molecular formula is C11H12Cl2N2OS. The zero-order chi connectivity index (χ0) is 12.4. The molecule has 2 aromatic rings. The van der Waals surface area contributed by atoms with Crippen LogP contribution in [0.4, 0.5) is 0 Å². The molecule has 2 heterocycles. The molecule has 92 valence electrons. The number of hydrogen-bond donors (Lipinski definition) is 1. The molecule has 1 N–H and O–H groups in total. The smallest absolute Gasteiger partial charge is 0.108 e. The highest BCUT2D eigenvalue weighted by atomic mass is 35.5. The van der Waals surface area contributed by atoms with Crippen LogP contribution < -0.4 is 0 Å². The summed E-state index contributed by atoms with van der Waals surface area (Å²) >= 11 is 13.1. The molecule has 6 heteroatoms. The molecule has 0 saturated carbocycles. The van der Waals surface area contributed by atoms with Gasteiger partial charge in [0.2, 0.25) is 0 Å². The highest BCUT2D eigenvalue weighted by Crippen LogP contribution is 2.36. The highest BCUT2D eigenvalue weighted by Gasteiger charge is 2.15. The molecule has 17 heavy (non-hydrogen) atoms. The lowest BCUT2D eigenvalue weighted by molar-refractivity contribution is 0.167. The van der Waals surface area contributed by atoms with Crippen molar-refractivity contribution in [3.8, 4) is 0 Å². The van der Waals surface area contributed by atoms with Crippen LogP contribution in [0, 0.1) is 0 Å². The summed E-state index contributed by atoms with van der Waals surface area (Å²) in [6.07, 6.45) is 4.32. The Labute approximate surface area is 114 Å². The minimum absolute atomic E-state index is 0.558. The minimum atomic E-state index is -0.594. The predicted octanol–water partition coefficient (Wildman–Crippen LogP) is 3.45. The van der Waals surface area contributed by atoms with Crippen LogP contribution in [-0.2, 0) is 13.5 Å². The molecular weight excluding hydrogens is 279 g/mol. The maximum atomic E-state index is 10.0. The summed E-state index contributed by atoms with van der Waals surface area (Å²) in [5.74, 6) is 0.946. The van der Waals surface area contributed by atoms with Gasteiger partial charge in [0.05, 0.1) is 10.4 Å². The molecule has 0 saturated heterocycles. The number of halogens is 2. The van der Waals surface area contributed by atoms with Gasteiger partial charge >= 0.3 is 0 Å². The van der Waals surface area contributed by atoms with Crippen molar-refractivity contribution in [2.75, 3.05) is 0 Å². The Morgan fingerprint density at radius 2 is 2.29 bits per heavy atom. The lowest BCUT2D eigenvalue weighted by atomic mass is 10.1. The molecule has 0 radical (unpaired) electrons.